The highest BCUT2D eigenvalue weighted by atomic mass is 35.5. The molecule has 1 heterocycles. The number of rotatable bonds is 3. The fraction of sp³-hybridized carbons (Fsp3) is 0.278. The maximum atomic E-state index is 12.7. The fourth-order valence-electron chi connectivity index (χ4n) is 2.78. The average Bonchev–Trinajstić information content (AvgIpc) is 2.58. The van der Waals surface area contributed by atoms with Crippen LogP contribution in [0.3, 0.4) is 0 Å². The van der Waals surface area contributed by atoms with Crippen molar-refractivity contribution in [3.63, 3.8) is 0 Å². The highest BCUT2D eigenvalue weighted by Crippen LogP contribution is 2.34. The van der Waals surface area contributed by atoms with Gasteiger partial charge in [0.2, 0.25) is 0 Å². The molecular weight excluding hydrogens is 369 g/mol. The molecule has 1 aliphatic heterocycles. The second-order valence-electron chi connectivity index (χ2n) is 5.74. The molecule has 0 unspecified atom stereocenters. The molecule has 0 spiro atoms. The third-order valence-electron chi connectivity index (χ3n) is 4.07. The second kappa shape index (κ2) is 7.22. The van der Waals surface area contributed by atoms with Gasteiger partial charge in [0, 0.05) is 19.2 Å². The Morgan fingerprint density at radius 3 is 2.50 bits per heavy atom. The molecule has 3 rings (SSSR count). The lowest BCUT2D eigenvalue weighted by atomic mass is 9.99. The summed E-state index contributed by atoms with van der Waals surface area (Å²) >= 11 is 18.0. The summed E-state index contributed by atoms with van der Waals surface area (Å²) in [4.78, 5) is 14.5. The van der Waals surface area contributed by atoms with Gasteiger partial charge in [0.1, 0.15) is 5.75 Å². The van der Waals surface area contributed by atoms with Crippen molar-refractivity contribution in [1.82, 2.24) is 4.90 Å². The Hall–Kier alpha value is -1.42. The van der Waals surface area contributed by atoms with Gasteiger partial charge in [-0.15, -0.1) is 0 Å². The van der Waals surface area contributed by atoms with E-state index in [1.807, 2.05) is 12.1 Å². The Morgan fingerprint density at radius 2 is 1.75 bits per heavy atom. The number of amides is 1. The van der Waals surface area contributed by atoms with Crippen molar-refractivity contribution in [1.29, 1.82) is 0 Å². The number of fused-ring (bicyclic) bond motifs is 1. The average molecular weight is 385 g/mol. The summed E-state index contributed by atoms with van der Waals surface area (Å²) in [5.41, 5.74) is 2.47. The molecule has 0 aromatic heterocycles. The maximum absolute atomic E-state index is 12.7. The molecule has 126 valence electrons. The van der Waals surface area contributed by atoms with E-state index in [0.29, 0.717) is 33.9 Å². The van der Waals surface area contributed by atoms with E-state index in [1.54, 1.807) is 11.8 Å². The minimum atomic E-state index is -0.662. The van der Waals surface area contributed by atoms with Crippen LogP contribution in [0.25, 0.3) is 0 Å². The minimum Gasteiger partial charge on any atom is -0.479 e. The number of carbonyl (C=O) groups excluding carboxylic acids is 1. The van der Waals surface area contributed by atoms with E-state index in [4.69, 9.17) is 39.5 Å². The van der Waals surface area contributed by atoms with Crippen LogP contribution in [-0.2, 0) is 17.8 Å². The fourth-order valence-corrected chi connectivity index (χ4v) is 3.36. The molecule has 1 aliphatic rings. The third kappa shape index (κ3) is 3.64. The number of hydrogen-bond acceptors (Lipinski definition) is 2. The zero-order valence-corrected chi connectivity index (χ0v) is 15.3. The summed E-state index contributed by atoms with van der Waals surface area (Å²) in [5.74, 6) is 0.274. The Balaban J connectivity index is 1.71. The Morgan fingerprint density at radius 1 is 1.08 bits per heavy atom. The highest BCUT2D eigenvalue weighted by molar-refractivity contribution is 6.43. The molecule has 2 aromatic rings. The molecule has 0 saturated carbocycles. The summed E-state index contributed by atoms with van der Waals surface area (Å²) in [7, 11) is 0. The van der Waals surface area contributed by atoms with Crippen molar-refractivity contribution in [2.75, 3.05) is 6.54 Å². The van der Waals surface area contributed by atoms with Crippen LogP contribution in [0.1, 0.15) is 18.1 Å². The maximum Gasteiger partial charge on any atom is 0.263 e. The molecule has 3 nitrogen and oxygen atoms in total. The predicted octanol–water partition coefficient (Wildman–Crippen LogP) is 5.00. The van der Waals surface area contributed by atoms with Gasteiger partial charge in [-0.3, -0.25) is 4.79 Å². The lowest BCUT2D eigenvalue weighted by Crippen LogP contribution is -2.43. The Kier molecular flexibility index (Phi) is 5.24. The Bertz CT molecular complexity index is 779. The van der Waals surface area contributed by atoms with Crippen molar-refractivity contribution in [3.8, 4) is 5.75 Å². The van der Waals surface area contributed by atoms with Crippen LogP contribution in [0.15, 0.2) is 36.4 Å². The summed E-state index contributed by atoms with van der Waals surface area (Å²) in [6.07, 6.45) is 0.187. The molecule has 24 heavy (non-hydrogen) atoms. The van der Waals surface area contributed by atoms with E-state index < -0.39 is 6.10 Å². The number of ether oxygens (including phenoxy) is 1. The van der Waals surface area contributed by atoms with E-state index >= 15 is 0 Å². The first-order chi connectivity index (χ1) is 11.5. The zero-order valence-electron chi connectivity index (χ0n) is 13.1. The quantitative estimate of drug-likeness (QED) is 0.697. The molecule has 0 N–H and O–H groups in total. The van der Waals surface area contributed by atoms with Gasteiger partial charge < -0.3 is 9.64 Å². The SMILES string of the molecule is C[C@H](Oc1cc(Cl)c(Cl)cc1Cl)C(=O)N1CCc2ccccc2C1. The van der Waals surface area contributed by atoms with E-state index in [9.17, 15) is 4.79 Å². The molecular formula is C18H16Cl3NO2. The molecule has 0 radical (unpaired) electrons. The molecule has 0 saturated heterocycles. The van der Waals surface area contributed by atoms with Crippen molar-refractivity contribution < 1.29 is 9.53 Å². The number of carbonyl (C=O) groups is 1. The number of nitrogens with zero attached hydrogens (tertiary/aromatic N) is 1. The lowest BCUT2D eigenvalue weighted by Gasteiger charge is -2.31. The van der Waals surface area contributed by atoms with Gasteiger partial charge in [0.25, 0.3) is 5.91 Å². The monoisotopic (exact) mass is 383 g/mol. The molecule has 2 aromatic carbocycles. The predicted molar refractivity (Wildman–Crippen MR) is 97.1 cm³/mol. The van der Waals surface area contributed by atoms with E-state index in [0.717, 1.165) is 6.42 Å². The van der Waals surface area contributed by atoms with Gasteiger partial charge in [0.15, 0.2) is 6.10 Å². The largest absolute Gasteiger partial charge is 0.479 e. The summed E-state index contributed by atoms with van der Waals surface area (Å²) in [5, 5.41) is 1.01. The number of benzene rings is 2. The van der Waals surface area contributed by atoms with Crippen LogP contribution in [0.5, 0.6) is 5.75 Å². The number of halogens is 3. The van der Waals surface area contributed by atoms with Crippen LogP contribution in [0, 0.1) is 0 Å². The summed E-state index contributed by atoms with van der Waals surface area (Å²) in [6.45, 7) is 2.98. The van der Waals surface area contributed by atoms with Crippen LogP contribution in [0.4, 0.5) is 0 Å². The lowest BCUT2D eigenvalue weighted by molar-refractivity contribution is -0.138. The van der Waals surface area contributed by atoms with Gasteiger partial charge in [-0.1, -0.05) is 59.1 Å². The van der Waals surface area contributed by atoms with Gasteiger partial charge in [-0.25, -0.2) is 0 Å². The van der Waals surface area contributed by atoms with Crippen LogP contribution < -0.4 is 4.74 Å². The van der Waals surface area contributed by atoms with E-state index in [2.05, 4.69) is 12.1 Å². The molecule has 0 bridgehead atoms. The van der Waals surface area contributed by atoms with Crippen molar-refractivity contribution in [3.05, 3.63) is 62.6 Å². The Labute approximate surface area is 156 Å². The molecule has 0 fully saturated rings. The first-order valence-corrected chi connectivity index (χ1v) is 8.76. The van der Waals surface area contributed by atoms with Crippen molar-refractivity contribution >= 4 is 40.7 Å². The normalized spacial score (nSPS) is 14.9. The van der Waals surface area contributed by atoms with Gasteiger partial charge in [0.05, 0.1) is 15.1 Å². The minimum absolute atomic E-state index is 0.0772. The van der Waals surface area contributed by atoms with Crippen LogP contribution in [0.2, 0.25) is 15.1 Å². The third-order valence-corrected chi connectivity index (χ3v) is 5.09. The van der Waals surface area contributed by atoms with Crippen LogP contribution >= 0.6 is 34.8 Å². The smallest absolute Gasteiger partial charge is 0.263 e. The second-order valence-corrected chi connectivity index (χ2v) is 6.96. The molecule has 1 atom stereocenters. The van der Waals surface area contributed by atoms with Crippen molar-refractivity contribution in [2.45, 2.75) is 26.0 Å². The van der Waals surface area contributed by atoms with Crippen LogP contribution in [-0.4, -0.2) is 23.5 Å². The van der Waals surface area contributed by atoms with E-state index in [-0.39, 0.29) is 5.91 Å². The number of hydrogen-bond donors (Lipinski definition) is 0. The van der Waals surface area contributed by atoms with Crippen molar-refractivity contribution in [2.24, 2.45) is 0 Å². The first kappa shape index (κ1) is 17.4. The summed E-state index contributed by atoms with van der Waals surface area (Å²) < 4.78 is 5.72. The van der Waals surface area contributed by atoms with Gasteiger partial charge in [-0.05, 0) is 30.5 Å². The summed E-state index contributed by atoms with van der Waals surface area (Å²) in [6, 6.07) is 11.2. The molecule has 6 heteroatoms. The standard InChI is InChI=1S/C18H16Cl3NO2/c1-11(24-17-9-15(20)14(19)8-16(17)21)18(23)22-7-6-12-4-2-3-5-13(12)10-22/h2-5,8-9,11H,6-7,10H2,1H3/t11-/m0/s1. The highest BCUT2D eigenvalue weighted by Gasteiger charge is 2.26. The topological polar surface area (TPSA) is 29.5 Å². The molecule has 1 amide bonds. The van der Waals surface area contributed by atoms with Gasteiger partial charge >= 0.3 is 0 Å². The first-order valence-electron chi connectivity index (χ1n) is 7.62. The molecule has 0 aliphatic carbocycles. The van der Waals surface area contributed by atoms with Gasteiger partial charge in [-0.2, -0.15) is 0 Å². The van der Waals surface area contributed by atoms with E-state index in [1.165, 1.54) is 23.3 Å². The zero-order chi connectivity index (χ0) is 17.3.